The average molecular weight is 290 g/mol. The average Bonchev–Trinajstić information content (AvgIpc) is 3.21. The predicted octanol–water partition coefficient (Wildman–Crippen LogP) is 1.06. The third-order valence-electron chi connectivity index (χ3n) is 3.99. The molecule has 2 fully saturated rings. The van der Waals surface area contributed by atoms with Gasteiger partial charge in [-0.25, -0.2) is 15.8 Å². The van der Waals surface area contributed by atoms with Crippen LogP contribution in [0.2, 0.25) is 0 Å². The summed E-state index contributed by atoms with van der Waals surface area (Å²) < 4.78 is 0. The van der Waals surface area contributed by atoms with E-state index in [4.69, 9.17) is 5.84 Å². The van der Waals surface area contributed by atoms with E-state index in [2.05, 4.69) is 20.7 Å². The van der Waals surface area contributed by atoms with Gasteiger partial charge in [0, 0.05) is 25.1 Å². The fraction of sp³-hybridized carbons (Fsp3) is 0.643. The molecule has 1 atom stereocenters. The molecule has 7 heteroatoms. The Balaban J connectivity index is 1.70. The summed E-state index contributed by atoms with van der Waals surface area (Å²) in [5, 5.41) is 3.18. The van der Waals surface area contributed by atoms with E-state index >= 15 is 0 Å². The van der Waals surface area contributed by atoms with Crippen molar-refractivity contribution in [1.29, 1.82) is 0 Å². The van der Waals surface area contributed by atoms with E-state index in [9.17, 15) is 4.79 Å². The lowest BCUT2D eigenvalue weighted by molar-refractivity contribution is -0.130. The summed E-state index contributed by atoms with van der Waals surface area (Å²) in [6.45, 7) is 3.59. The summed E-state index contributed by atoms with van der Waals surface area (Å²) in [5.74, 6) is 8.05. The number of nitrogens with one attached hydrogen (secondary N) is 2. The Morgan fingerprint density at radius 1 is 1.33 bits per heavy atom. The van der Waals surface area contributed by atoms with Crippen LogP contribution in [-0.2, 0) is 4.79 Å². The van der Waals surface area contributed by atoms with Gasteiger partial charge in [-0.15, -0.1) is 0 Å². The number of carbonyl (C=O) groups is 1. The summed E-state index contributed by atoms with van der Waals surface area (Å²) in [7, 11) is 0. The molecule has 0 bridgehead atoms. The zero-order chi connectivity index (χ0) is 14.8. The van der Waals surface area contributed by atoms with Gasteiger partial charge in [0.15, 0.2) is 0 Å². The Labute approximate surface area is 124 Å². The van der Waals surface area contributed by atoms with Gasteiger partial charge in [0.25, 0.3) is 0 Å². The number of amides is 1. The summed E-state index contributed by atoms with van der Waals surface area (Å²) >= 11 is 0. The van der Waals surface area contributed by atoms with E-state index in [1.165, 1.54) is 0 Å². The number of carbonyl (C=O) groups excluding carboxylic acids is 1. The third kappa shape index (κ3) is 3.24. The molecule has 1 saturated heterocycles. The molecule has 0 radical (unpaired) electrons. The van der Waals surface area contributed by atoms with Crippen molar-refractivity contribution in [2.45, 2.75) is 44.6 Å². The monoisotopic (exact) mass is 290 g/mol. The number of hydrogen-bond donors (Lipinski definition) is 3. The van der Waals surface area contributed by atoms with E-state index in [1.807, 2.05) is 11.8 Å². The lowest BCUT2D eigenvalue weighted by atomic mass is 10.3. The largest absolute Gasteiger partial charge is 0.358 e. The van der Waals surface area contributed by atoms with Crippen LogP contribution in [0.3, 0.4) is 0 Å². The highest BCUT2D eigenvalue weighted by Gasteiger charge is 2.28. The van der Waals surface area contributed by atoms with Crippen molar-refractivity contribution < 1.29 is 4.79 Å². The molecular weight excluding hydrogens is 268 g/mol. The van der Waals surface area contributed by atoms with Crippen LogP contribution >= 0.6 is 0 Å². The number of rotatable bonds is 5. The number of hydrazine groups is 1. The number of nitrogens with zero attached hydrogens (tertiary/aromatic N) is 3. The molecule has 1 aliphatic heterocycles. The molecule has 0 spiro atoms. The van der Waals surface area contributed by atoms with Crippen molar-refractivity contribution in [3.8, 4) is 0 Å². The molecule has 1 amide bonds. The van der Waals surface area contributed by atoms with Gasteiger partial charge in [0.2, 0.25) is 5.91 Å². The van der Waals surface area contributed by atoms with Crippen molar-refractivity contribution in [1.82, 2.24) is 14.9 Å². The van der Waals surface area contributed by atoms with E-state index in [-0.39, 0.29) is 11.9 Å². The highest BCUT2D eigenvalue weighted by atomic mass is 16.2. The Morgan fingerprint density at radius 3 is 2.62 bits per heavy atom. The van der Waals surface area contributed by atoms with Gasteiger partial charge in [-0.05, 0) is 32.6 Å². The van der Waals surface area contributed by atoms with Crippen LogP contribution in [0, 0.1) is 0 Å². The molecule has 1 aromatic rings. The second-order valence-electron chi connectivity index (χ2n) is 5.81. The maximum absolute atomic E-state index is 12.3. The first-order valence-corrected chi connectivity index (χ1v) is 7.58. The number of aromatic nitrogens is 2. The molecule has 3 rings (SSSR count). The molecule has 4 N–H and O–H groups in total. The molecular formula is C14H22N6O. The van der Waals surface area contributed by atoms with Gasteiger partial charge in [-0.2, -0.15) is 0 Å². The second-order valence-corrected chi connectivity index (χ2v) is 5.81. The molecule has 0 aromatic carbocycles. The summed E-state index contributed by atoms with van der Waals surface area (Å²) in [4.78, 5) is 23.1. The Morgan fingerprint density at radius 2 is 2.00 bits per heavy atom. The Hall–Kier alpha value is -1.89. The Kier molecular flexibility index (Phi) is 3.92. The maximum Gasteiger partial charge on any atom is 0.244 e. The van der Waals surface area contributed by atoms with Gasteiger partial charge >= 0.3 is 0 Å². The fourth-order valence-electron chi connectivity index (χ4n) is 2.63. The van der Waals surface area contributed by atoms with Crippen LogP contribution in [0.4, 0.5) is 11.6 Å². The zero-order valence-corrected chi connectivity index (χ0v) is 12.3. The SMILES string of the molecule is CC(Nc1cc(NN)nc(C2CC2)n1)C(=O)N1CCCC1. The quantitative estimate of drug-likeness (QED) is 0.554. The van der Waals surface area contributed by atoms with Gasteiger partial charge in [-0.1, -0.05) is 0 Å². The number of nitrogens with two attached hydrogens (primary N) is 1. The van der Waals surface area contributed by atoms with Crippen molar-refractivity contribution in [3.63, 3.8) is 0 Å². The van der Waals surface area contributed by atoms with Crippen molar-refractivity contribution in [2.75, 3.05) is 23.8 Å². The first-order chi connectivity index (χ1) is 10.2. The molecule has 7 nitrogen and oxygen atoms in total. The molecule has 1 aromatic heterocycles. The van der Waals surface area contributed by atoms with Gasteiger partial charge in [0.1, 0.15) is 23.5 Å². The molecule has 1 unspecified atom stereocenters. The Bertz CT molecular complexity index is 524. The minimum absolute atomic E-state index is 0.126. The van der Waals surface area contributed by atoms with Crippen LogP contribution in [0.5, 0.6) is 0 Å². The zero-order valence-electron chi connectivity index (χ0n) is 12.3. The van der Waals surface area contributed by atoms with E-state index in [0.717, 1.165) is 44.6 Å². The van der Waals surface area contributed by atoms with Gasteiger partial charge in [-0.3, -0.25) is 4.79 Å². The predicted molar refractivity (Wildman–Crippen MR) is 80.7 cm³/mol. The maximum atomic E-state index is 12.3. The smallest absolute Gasteiger partial charge is 0.244 e. The highest BCUT2D eigenvalue weighted by molar-refractivity contribution is 5.84. The number of likely N-dealkylation sites (tertiary alicyclic amines) is 1. The highest BCUT2D eigenvalue weighted by Crippen LogP contribution is 2.38. The summed E-state index contributed by atoms with van der Waals surface area (Å²) in [6.07, 6.45) is 4.43. The molecule has 114 valence electrons. The minimum atomic E-state index is -0.296. The molecule has 2 heterocycles. The standard InChI is InChI=1S/C14H22N6O/c1-9(14(21)20-6-2-3-7-20)16-11-8-12(19-15)18-13(17-11)10-4-5-10/h8-10H,2-7,15H2,1H3,(H2,16,17,18,19). The molecule has 1 aliphatic carbocycles. The van der Waals surface area contributed by atoms with E-state index in [0.29, 0.717) is 17.6 Å². The number of nitrogen functional groups attached to an aromatic ring is 1. The van der Waals surface area contributed by atoms with Gasteiger partial charge < -0.3 is 15.6 Å². The molecule has 1 saturated carbocycles. The van der Waals surface area contributed by atoms with E-state index in [1.54, 1.807) is 6.07 Å². The topological polar surface area (TPSA) is 96.2 Å². The summed E-state index contributed by atoms with van der Waals surface area (Å²) in [5.41, 5.74) is 2.56. The van der Waals surface area contributed by atoms with Crippen LogP contribution in [-0.4, -0.2) is 39.9 Å². The normalized spacial score (nSPS) is 19.4. The summed E-state index contributed by atoms with van der Waals surface area (Å²) in [6, 6.07) is 1.44. The minimum Gasteiger partial charge on any atom is -0.358 e. The first kappa shape index (κ1) is 14.1. The van der Waals surface area contributed by atoms with Crippen LogP contribution in [0.15, 0.2) is 6.07 Å². The molecule has 21 heavy (non-hydrogen) atoms. The van der Waals surface area contributed by atoms with Crippen molar-refractivity contribution >= 4 is 17.5 Å². The van der Waals surface area contributed by atoms with Crippen LogP contribution in [0.25, 0.3) is 0 Å². The van der Waals surface area contributed by atoms with E-state index < -0.39 is 0 Å². The lowest BCUT2D eigenvalue weighted by Gasteiger charge is -2.21. The third-order valence-corrected chi connectivity index (χ3v) is 3.99. The fourth-order valence-corrected chi connectivity index (χ4v) is 2.63. The lowest BCUT2D eigenvalue weighted by Crippen LogP contribution is -2.39. The number of anilines is 2. The molecule has 2 aliphatic rings. The number of hydrogen-bond acceptors (Lipinski definition) is 6. The van der Waals surface area contributed by atoms with Crippen molar-refractivity contribution in [2.24, 2.45) is 5.84 Å². The first-order valence-electron chi connectivity index (χ1n) is 7.58. The van der Waals surface area contributed by atoms with Crippen LogP contribution < -0.4 is 16.6 Å². The van der Waals surface area contributed by atoms with Crippen LogP contribution in [0.1, 0.15) is 44.3 Å². The second kappa shape index (κ2) is 5.85. The van der Waals surface area contributed by atoms with Gasteiger partial charge in [0.05, 0.1) is 0 Å². The van der Waals surface area contributed by atoms with Crippen molar-refractivity contribution in [3.05, 3.63) is 11.9 Å².